The molecule has 10 heteroatoms. The molecule has 1 aromatic heterocycles. The van der Waals surface area contributed by atoms with Crippen molar-refractivity contribution < 1.29 is 14.0 Å². The third kappa shape index (κ3) is 5.24. The predicted molar refractivity (Wildman–Crippen MR) is 142 cm³/mol. The molecule has 3 amide bonds. The Morgan fingerprint density at radius 1 is 1.08 bits per heavy atom. The number of hydrogen-bond acceptors (Lipinski definition) is 5. The standard InChI is InChI=1S/C27H23FN6O2S/c1-37-19-8-6-7-17(13-19)31-27(36)33-25-26(35)34(15-18-14-29-16-30-18)23-12-5-3-10-21(23)24(32-25)20-9-2-4-11-22(20)28/h2-14,16,25H,15H2,1H3,(H,29,30)(H2,31,33,36)/t25-/m0/s1. The molecule has 3 N–H and O–H groups in total. The molecule has 3 aromatic carbocycles. The lowest BCUT2D eigenvalue weighted by atomic mass is 9.99. The molecule has 37 heavy (non-hydrogen) atoms. The van der Waals surface area contributed by atoms with Gasteiger partial charge in [-0.3, -0.25) is 4.79 Å². The van der Waals surface area contributed by atoms with E-state index in [2.05, 4.69) is 25.6 Å². The fourth-order valence-corrected chi connectivity index (χ4v) is 4.55. The maximum absolute atomic E-state index is 15.0. The Hall–Kier alpha value is -4.44. The second-order valence-corrected chi connectivity index (χ2v) is 9.09. The number of amides is 3. The topological polar surface area (TPSA) is 102 Å². The van der Waals surface area contributed by atoms with Gasteiger partial charge in [-0.1, -0.05) is 36.4 Å². The largest absolute Gasteiger partial charge is 0.347 e. The van der Waals surface area contributed by atoms with Gasteiger partial charge in [0, 0.05) is 27.9 Å². The first-order chi connectivity index (χ1) is 18.0. The van der Waals surface area contributed by atoms with Crippen LogP contribution >= 0.6 is 11.8 Å². The van der Waals surface area contributed by atoms with Gasteiger partial charge < -0.3 is 20.5 Å². The SMILES string of the molecule is CSc1cccc(NC(=O)N[C@@H]2N=C(c3ccccc3F)c3ccccc3N(Cc3cnc[nH]3)C2=O)c1. The Morgan fingerprint density at radius 2 is 1.86 bits per heavy atom. The minimum absolute atomic E-state index is 0.158. The molecule has 0 radical (unpaired) electrons. The third-order valence-corrected chi connectivity index (χ3v) is 6.54. The highest BCUT2D eigenvalue weighted by Gasteiger charge is 2.34. The lowest BCUT2D eigenvalue weighted by Gasteiger charge is -2.25. The van der Waals surface area contributed by atoms with E-state index in [1.54, 1.807) is 66.5 Å². The van der Waals surface area contributed by atoms with E-state index in [1.807, 2.05) is 24.5 Å². The number of rotatable bonds is 6. The maximum Gasteiger partial charge on any atom is 0.321 e. The number of benzene rings is 3. The van der Waals surface area contributed by atoms with Gasteiger partial charge in [-0.05, 0) is 42.7 Å². The number of anilines is 2. The van der Waals surface area contributed by atoms with Gasteiger partial charge in [0.2, 0.25) is 6.17 Å². The van der Waals surface area contributed by atoms with Crippen LogP contribution in [0.3, 0.4) is 0 Å². The zero-order chi connectivity index (χ0) is 25.8. The first-order valence-corrected chi connectivity index (χ1v) is 12.7. The smallest absolute Gasteiger partial charge is 0.321 e. The van der Waals surface area contributed by atoms with E-state index >= 15 is 0 Å². The van der Waals surface area contributed by atoms with Crippen LogP contribution in [0.15, 0.2) is 95.2 Å². The number of nitrogens with one attached hydrogen (secondary N) is 3. The number of urea groups is 1. The average Bonchev–Trinajstić information content (AvgIpc) is 3.40. The van der Waals surface area contributed by atoms with E-state index in [1.165, 1.54) is 17.3 Å². The number of H-pyrrole nitrogens is 1. The summed E-state index contributed by atoms with van der Waals surface area (Å²) in [7, 11) is 0. The van der Waals surface area contributed by atoms with Crippen molar-refractivity contribution in [1.29, 1.82) is 0 Å². The zero-order valence-corrected chi connectivity index (χ0v) is 20.6. The fraction of sp³-hybridized carbons (Fsp3) is 0.111. The highest BCUT2D eigenvalue weighted by molar-refractivity contribution is 7.98. The number of fused-ring (bicyclic) bond motifs is 1. The Balaban J connectivity index is 1.55. The molecular weight excluding hydrogens is 491 g/mol. The van der Waals surface area contributed by atoms with Crippen molar-refractivity contribution in [2.24, 2.45) is 4.99 Å². The number of aromatic amines is 1. The molecule has 2 heterocycles. The number of para-hydroxylation sites is 1. The monoisotopic (exact) mass is 514 g/mol. The van der Waals surface area contributed by atoms with Crippen LogP contribution in [0.25, 0.3) is 0 Å². The van der Waals surface area contributed by atoms with Crippen molar-refractivity contribution in [3.05, 3.63) is 108 Å². The number of carbonyl (C=O) groups excluding carboxylic acids is 2. The number of imidazole rings is 1. The molecule has 0 fully saturated rings. The number of thioether (sulfide) groups is 1. The summed E-state index contributed by atoms with van der Waals surface area (Å²) in [5.74, 6) is -0.955. The van der Waals surface area contributed by atoms with Crippen LogP contribution in [-0.4, -0.2) is 40.0 Å². The Bertz CT molecular complexity index is 1470. The van der Waals surface area contributed by atoms with Gasteiger partial charge in [0.1, 0.15) is 5.82 Å². The van der Waals surface area contributed by atoms with Crippen LogP contribution in [0.2, 0.25) is 0 Å². The molecule has 1 atom stereocenters. The number of halogens is 1. The van der Waals surface area contributed by atoms with Crippen LogP contribution in [0, 0.1) is 5.82 Å². The van der Waals surface area contributed by atoms with Crippen molar-refractivity contribution in [1.82, 2.24) is 15.3 Å². The molecule has 1 aliphatic heterocycles. The first-order valence-electron chi connectivity index (χ1n) is 11.5. The molecule has 0 aliphatic carbocycles. The van der Waals surface area contributed by atoms with Crippen LogP contribution in [0.1, 0.15) is 16.8 Å². The molecule has 0 bridgehead atoms. The number of hydrogen-bond donors (Lipinski definition) is 3. The molecule has 1 aliphatic rings. The zero-order valence-electron chi connectivity index (χ0n) is 19.8. The second kappa shape index (κ2) is 10.7. The molecule has 0 saturated carbocycles. The number of benzodiazepines with no additional fused rings is 1. The van der Waals surface area contributed by atoms with Gasteiger partial charge in [0.05, 0.1) is 30.0 Å². The van der Waals surface area contributed by atoms with Crippen molar-refractivity contribution in [2.45, 2.75) is 17.6 Å². The van der Waals surface area contributed by atoms with Crippen molar-refractivity contribution in [3.63, 3.8) is 0 Å². The molecule has 0 spiro atoms. The Kier molecular flexibility index (Phi) is 7.00. The average molecular weight is 515 g/mol. The summed E-state index contributed by atoms with van der Waals surface area (Å²) in [6.07, 6.45) is 3.77. The predicted octanol–water partition coefficient (Wildman–Crippen LogP) is 4.80. The third-order valence-electron chi connectivity index (χ3n) is 5.82. The van der Waals surface area contributed by atoms with Gasteiger partial charge in [-0.25, -0.2) is 19.2 Å². The van der Waals surface area contributed by atoms with Crippen LogP contribution < -0.4 is 15.5 Å². The normalized spacial score (nSPS) is 15.0. The highest BCUT2D eigenvalue weighted by Crippen LogP contribution is 2.30. The lowest BCUT2D eigenvalue weighted by Crippen LogP contribution is -2.48. The number of carbonyl (C=O) groups is 2. The van der Waals surface area contributed by atoms with Gasteiger partial charge in [0.25, 0.3) is 5.91 Å². The number of nitrogens with zero attached hydrogens (tertiary/aromatic N) is 3. The van der Waals surface area contributed by atoms with Crippen molar-refractivity contribution in [2.75, 3.05) is 16.5 Å². The van der Waals surface area contributed by atoms with E-state index in [-0.39, 0.29) is 17.8 Å². The Labute approximate surface area is 217 Å². The summed E-state index contributed by atoms with van der Waals surface area (Å²) in [6, 6.07) is 20.1. The molecule has 5 rings (SSSR count). The molecular formula is C27H23FN6O2S. The highest BCUT2D eigenvalue weighted by atomic mass is 32.2. The van der Waals surface area contributed by atoms with Crippen LogP contribution in [0.5, 0.6) is 0 Å². The van der Waals surface area contributed by atoms with Gasteiger partial charge >= 0.3 is 6.03 Å². The van der Waals surface area contributed by atoms with E-state index < -0.39 is 23.9 Å². The van der Waals surface area contributed by atoms with Crippen LogP contribution in [-0.2, 0) is 11.3 Å². The summed E-state index contributed by atoms with van der Waals surface area (Å²) < 4.78 is 15.0. The summed E-state index contributed by atoms with van der Waals surface area (Å²) in [5.41, 5.74) is 2.87. The van der Waals surface area contributed by atoms with E-state index in [4.69, 9.17) is 0 Å². The Morgan fingerprint density at radius 3 is 2.62 bits per heavy atom. The maximum atomic E-state index is 15.0. The fourth-order valence-electron chi connectivity index (χ4n) is 4.09. The molecule has 186 valence electrons. The van der Waals surface area contributed by atoms with Gasteiger partial charge in [0.15, 0.2) is 0 Å². The first kappa shape index (κ1) is 24.3. The summed E-state index contributed by atoms with van der Waals surface area (Å²) in [4.78, 5) is 41.0. The van der Waals surface area contributed by atoms with Crippen molar-refractivity contribution >= 4 is 40.8 Å². The molecule has 0 unspecified atom stereocenters. The summed E-state index contributed by atoms with van der Waals surface area (Å²) in [6.45, 7) is 0.158. The minimum atomic E-state index is -1.31. The van der Waals surface area contributed by atoms with E-state index in [0.29, 0.717) is 22.6 Å². The van der Waals surface area contributed by atoms with E-state index in [0.717, 1.165) is 4.90 Å². The molecule has 8 nitrogen and oxygen atoms in total. The quantitative estimate of drug-likeness (QED) is 0.322. The second-order valence-electron chi connectivity index (χ2n) is 8.21. The van der Waals surface area contributed by atoms with Gasteiger partial charge in [-0.2, -0.15) is 0 Å². The molecule has 4 aromatic rings. The minimum Gasteiger partial charge on any atom is -0.347 e. The summed E-state index contributed by atoms with van der Waals surface area (Å²) in [5, 5.41) is 5.43. The number of aromatic nitrogens is 2. The van der Waals surface area contributed by atoms with Crippen molar-refractivity contribution in [3.8, 4) is 0 Å². The van der Waals surface area contributed by atoms with E-state index in [9.17, 15) is 14.0 Å². The molecule has 0 saturated heterocycles. The lowest BCUT2D eigenvalue weighted by molar-refractivity contribution is -0.120. The van der Waals surface area contributed by atoms with Crippen LogP contribution in [0.4, 0.5) is 20.6 Å². The number of aliphatic imine (C=N–C) groups is 1. The summed E-state index contributed by atoms with van der Waals surface area (Å²) >= 11 is 1.55. The van der Waals surface area contributed by atoms with Gasteiger partial charge in [-0.15, -0.1) is 11.8 Å².